The maximum atomic E-state index is 12.8. The van der Waals surface area contributed by atoms with Crippen LogP contribution in [0.1, 0.15) is 25.0 Å². The van der Waals surface area contributed by atoms with Gasteiger partial charge in [0.15, 0.2) is 0 Å². The van der Waals surface area contributed by atoms with E-state index in [0.717, 1.165) is 16.9 Å². The Morgan fingerprint density at radius 1 is 1.17 bits per heavy atom. The zero-order valence-electron chi connectivity index (χ0n) is 13.5. The number of hydrogen-bond acceptors (Lipinski definition) is 2. The minimum absolute atomic E-state index is 0.00361. The Kier molecular flexibility index (Phi) is 4.53. The Labute approximate surface area is 150 Å². The largest absolute Gasteiger partial charge is 0.306 e. The lowest BCUT2D eigenvalue weighted by atomic mass is 10.1. The van der Waals surface area contributed by atoms with E-state index < -0.39 is 0 Å². The SMILES string of the molecule is Cc1cc(N=C2C(=O)N(CC(C)C)c3ccccc32)ccc1I. The summed E-state index contributed by atoms with van der Waals surface area (Å²) in [4.78, 5) is 19.4. The molecule has 23 heavy (non-hydrogen) atoms. The van der Waals surface area contributed by atoms with E-state index in [-0.39, 0.29) is 5.91 Å². The van der Waals surface area contributed by atoms with Crippen LogP contribution in [0.3, 0.4) is 0 Å². The van der Waals surface area contributed by atoms with Crippen LogP contribution in [0.2, 0.25) is 0 Å². The van der Waals surface area contributed by atoms with E-state index >= 15 is 0 Å². The number of carbonyl (C=O) groups is 1. The molecular formula is C19H19IN2O. The minimum atomic E-state index is -0.00361. The minimum Gasteiger partial charge on any atom is -0.306 e. The normalized spacial score (nSPS) is 15.6. The topological polar surface area (TPSA) is 32.7 Å². The van der Waals surface area contributed by atoms with E-state index in [4.69, 9.17) is 0 Å². The first-order valence-corrected chi connectivity index (χ1v) is 8.81. The van der Waals surface area contributed by atoms with Gasteiger partial charge in [-0.1, -0.05) is 32.0 Å². The molecule has 2 aromatic rings. The lowest BCUT2D eigenvalue weighted by Crippen LogP contribution is -2.33. The van der Waals surface area contributed by atoms with Crippen LogP contribution in [0, 0.1) is 16.4 Å². The molecule has 0 atom stereocenters. The molecule has 1 heterocycles. The van der Waals surface area contributed by atoms with Crippen molar-refractivity contribution in [2.75, 3.05) is 11.4 Å². The van der Waals surface area contributed by atoms with Gasteiger partial charge in [-0.05, 0) is 65.3 Å². The molecule has 3 rings (SSSR count). The lowest BCUT2D eigenvalue weighted by molar-refractivity contribution is -0.112. The number of anilines is 1. The number of benzene rings is 2. The summed E-state index contributed by atoms with van der Waals surface area (Å²) in [5, 5.41) is 0. The summed E-state index contributed by atoms with van der Waals surface area (Å²) < 4.78 is 1.20. The number of para-hydroxylation sites is 1. The predicted octanol–water partition coefficient (Wildman–Crippen LogP) is 4.72. The van der Waals surface area contributed by atoms with Crippen molar-refractivity contribution in [3.05, 3.63) is 57.2 Å². The number of halogens is 1. The van der Waals surface area contributed by atoms with Crippen LogP contribution in [0.4, 0.5) is 11.4 Å². The lowest BCUT2D eigenvalue weighted by Gasteiger charge is -2.18. The number of nitrogens with zero attached hydrogens (tertiary/aromatic N) is 2. The molecule has 0 saturated carbocycles. The highest BCUT2D eigenvalue weighted by Gasteiger charge is 2.33. The summed E-state index contributed by atoms with van der Waals surface area (Å²) in [6.07, 6.45) is 0. The molecule has 0 fully saturated rings. The van der Waals surface area contributed by atoms with Crippen molar-refractivity contribution in [2.45, 2.75) is 20.8 Å². The molecule has 0 radical (unpaired) electrons. The highest BCUT2D eigenvalue weighted by atomic mass is 127. The third-order valence-electron chi connectivity index (χ3n) is 3.83. The van der Waals surface area contributed by atoms with Gasteiger partial charge in [0, 0.05) is 15.7 Å². The first-order chi connectivity index (χ1) is 11.0. The van der Waals surface area contributed by atoms with Gasteiger partial charge in [0.1, 0.15) is 5.71 Å². The summed E-state index contributed by atoms with van der Waals surface area (Å²) in [5.41, 5.74) is 4.43. The molecule has 0 aromatic heterocycles. The number of rotatable bonds is 3. The van der Waals surface area contributed by atoms with Crippen molar-refractivity contribution in [3.63, 3.8) is 0 Å². The molecular weight excluding hydrogens is 399 g/mol. The Balaban J connectivity index is 2.07. The predicted molar refractivity (Wildman–Crippen MR) is 104 cm³/mol. The second-order valence-electron chi connectivity index (χ2n) is 6.22. The molecule has 1 amide bonds. The third kappa shape index (κ3) is 3.17. The fourth-order valence-electron chi connectivity index (χ4n) is 2.74. The highest BCUT2D eigenvalue weighted by Crippen LogP contribution is 2.31. The van der Waals surface area contributed by atoms with Crippen LogP contribution in [0.15, 0.2) is 47.5 Å². The molecule has 0 spiro atoms. The van der Waals surface area contributed by atoms with Gasteiger partial charge in [0.05, 0.1) is 11.4 Å². The molecule has 0 bridgehead atoms. The summed E-state index contributed by atoms with van der Waals surface area (Å²) >= 11 is 2.30. The Morgan fingerprint density at radius 3 is 2.61 bits per heavy atom. The van der Waals surface area contributed by atoms with E-state index in [1.165, 1.54) is 9.13 Å². The van der Waals surface area contributed by atoms with E-state index in [9.17, 15) is 4.79 Å². The number of aliphatic imine (C=N–C) groups is 1. The average Bonchev–Trinajstić information content (AvgIpc) is 2.76. The summed E-state index contributed by atoms with van der Waals surface area (Å²) in [6, 6.07) is 13.9. The quantitative estimate of drug-likeness (QED) is 0.664. The zero-order valence-corrected chi connectivity index (χ0v) is 15.7. The number of fused-ring (bicyclic) bond motifs is 1. The summed E-state index contributed by atoms with van der Waals surface area (Å²) in [6.45, 7) is 7.00. The van der Waals surface area contributed by atoms with Gasteiger partial charge in [-0.15, -0.1) is 0 Å². The first kappa shape index (κ1) is 16.2. The fraction of sp³-hybridized carbons (Fsp3) is 0.263. The van der Waals surface area contributed by atoms with Crippen molar-refractivity contribution >= 4 is 45.6 Å². The van der Waals surface area contributed by atoms with Crippen LogP contribution in [0.5, 0.6) is 0 Å². The van der Waals surface area contributed by atoms with Gasteiger partial charge in [0.25, 0.3) is 5.91 Å². The van der Waals surface area contributed by atoms with Crippen LogP contribution in [-0.4, -0.2) is 18.2 Å². The number of amides is 1. The van der Waals surface area contributed by atoms with Crippen molar-refractivity contribution in [2.24, 2.45) is 10.9 Å². The van der Waals surface area contributed by atoms with Gasteiger partial charge >= 0.3 is 0 Å². The molecule has 118 valence electrons. The Hall–Kier alpha value is -1.69. The number of carbonyl (C=O) groups excluding carboxylic acids is 1. The first-order valence-electron chi connectivity index (χ1n) is 7.73. The van der Waals surface area contributed by atoms with Crippen LogP contribution in [-0.2, 0) is 4.79 Å². The molecule has 2 aromatic carbocycles. The van der Waals surface area contributed by atoms with E-state index in [0.29, 0.717) is 18.2 Å². The smallest absolute Gasteiger partial charge is 0.277 e. The van der Waals surface area contributed by atoms with Gasteiger partial charge in [-0.2, -0.15) is 0 Å². The Bertz CT molecular complexity index is 796. The average molecular weight is 418 g/mol. The van der Waals surface area contributed by atoms with E-state index in [1.54, 1.807) is 0 Å². The zero-order chi connectivity index (χ0) is 16.6. The monoisotopic (exact) mass is 418 g/mol. The van der Waals surface area contributed by atoms with Crippen LogP contribution >= 0.6 is 22.6 Å². The van der Waals surface area contributed by atoms with Gasteiger partial charge in [0.2, 0.25) is 0 Å². The second-order valence-corrected chi connectivity index (χ2v) is 7.38. The molecule has 1 aliphatic rings. The molecule has 3 nitrogen and oxygen atoms in total. The second kappa shape index (κ2) is 6.43. The van der Waals surface area contributed by atoms with Crippen molar-refractivity contribution < 1.29 is 4.79 Å². The van der Waals surface area contributed by atoms with Crippen LogP contribution < -0.4 is 4.90 Å². The summed E-state index contributed by atoms with van der Waals surface area (Å²) in [5.74, 6) is 0.406. The molecule has 0 N–H and O–H groups in total. The maximum Gasteiger partial charge on any atom is 0.277 e. The van der Waals surface area contributed by atoms with E-state index in [2.05, 4.69) is 48.4 Å². The van der Waals surface area contributed by atoms with Gasteiger partial charge < -0.3 is 4.90 Å². The molecule has 4 heteroatoms. The molecule has 0 saturated heterocycles. The molecule has 1 aliphatic heterocycles. The number of aryl methyl sites for hydroxylation is 1. The maximum absolute atomic E-state index is 12.8. The van der Waals surface area contributed by atoms with Crippen molar-refractivity contribution in [3.8, 4) is 0 Å². The molecule has 0 aliphatic carbocycles. The highest BCUT2D eigenvalue weighted by molar-refractivity contribution is 14.1. The fourth-order valence-corrected chi connectivity index (χ4v) is 3.08. The summed E-state index contributed by atoms with van der Waals surface area (Å²) in [7, 11) is 0. The Morgan fingerprint density at radius 2 is 1.91 bits per heavy atom. The number of hydrogen-bond donors (Lipinski definition) is 0. The van der Waals surface area contributed by atoms with Crippen molar-refractivity contribution in [1.82, 2.24) is 0 Å². The van der Waals surface area contributed by atoms with E-state index in [1.807, 2.05) is 47.4 Å². The molecule has 0 unspecified atom stereocenters. The van der Waals surface area contributed by atoms with Crippen molar-refractivity contribution in [1.29, 1.82) is 0 Å². The van der Waals surface area contributed by atoms with Gasteiger partial charge in [-0.25, -0.2) is 4.99 Å². The van der Waals surface area contributed by atoms with Gasteiger partial charge in [-0.3, -0.25) is 4.79 Å². The van der Waals surface area contributed by atoms with Crippen LogP contribution in [0.25, 0.3) is 0 Å². The third-order valence-corrected chi connectivity index (χ3v) is 5.04. The standard InChI is InChI=1S/C19H19IN2O/c1-12(2)11-22-17-7-5-4-6-15(17)18(19(22)23)21-14-8-9-16(20)13(3)10-14/h4-10,12H,11H2,1-3H3.